The van der Waals surface area contributed by atoms with Gasteiger partial charge in [0.05, 0.1) is 18.6 Å². The van der Waals surface area contributed by atoms with Crippen LogP contribution in [0.5, 0.6) is 0 Å². The quantitative estimate of drug-likeness (QED) is 0.488. The number of benzene rings is 2. The SMILES string of the molecule is CC(C)(C)C(NC(=O)c1nn(Cc2ccc(F)cc2)c2ccc(Cl)cc12)C(=O)NCC(N)=O. The number of rotatable bonds is 7. The normalized spacial score (nSPS) is 12.4. The Morgan fingerprint density at radius 1 is 1.15 bits per heavy atom. The lowest BCUT2D eigenvalue weighted by Gasteiger charge is -2.30. The Kier molecular flexibility index (Phi) is 7.02. The smallest absolute Gasteiger partial charge is 0.273 e. The third kappa shape index (κ3) is 5.87. The Bertz CT molecular complexity index is 1200. The van der Waals surface area contributed by atoms with Crippen molar-refractivity contribution in [2.75, 3.05) is 6.54 Å². The van der Waals surface area contributed by atoms with E-state index in [1.165, 1.54) is 12.1 Å². The van der Waals surface area contributed by atoms with E-state index in [1.54, 1.807) is 55.8 Å². The molecule has 0 aliphatic rings. The number of nitrogens with zero attached hydrogens (tertiary/aromatic N) is 2. The molecular weight excluding hydrogens is 449 g/mol. The minimum absolute atomic E-state index is 0.0894. The number of hydrogen-bond donors (Lipinski definition) is 3. The molecule has 3 aromatic rings. The highest BCUT2D eigenvalue weighted by Crippen LogP contribution is 2.25. The Morgan fingerprint density at radius 2 is 1.82 bits per heavy atom. The van der Waals surface area contributed by atoms with Gasteiger partial charge in [0.2, 0.25) is 11.8 Å². The van der Waals surface area contributed by atoms with E-state index in [9.17, 15) is 18.8 Å². The van der Waals surface area contributed by atoms with Crippen LogP contribution in [0, 0.1) is 11.2 Å². The maximum absolute atomic E-state index is 13.3. The standard InChI is InChI=1S/C23H25ClFN5O3/c1-23(2,3)20(22(33)27-11-18(26)31)28-21(32)19-16-10-14(24)6-9-17(16)30(29-19)12-13-4-7-15(25)8-5-13/h4-10,20H,11-12H2,1-3H3,(H2,26,31)(H,27,33)(H,28,32). The van der Waals surface area contributed by atoms with Crippen molar-refractivity contribution in [2.45, 2.75) is 33.4 Å². The van der Waals surface area contributed by atoms with Gasteiger partial charge in [0.1, 0.15) is 11.9 Å². The van der Waals surface area contributed by atoms with Crippen molar-refractivity contribution in [3.8, 4) is 0 Å². The summed E-state index contributed by atoms with van der Waals surface area (Å²) in [6.45, 7) is 5.30. The number of amides is 3. The van der Waals surface area contributed by atoms with Crippen molar-refractivity contribution in [3.05, 3.63) is 64.6 Å². The number of primary amides is 1. The fourth-order valence-corrected chi connectivity index (χ4v) is 3.53. The van der Waals surface area contributed by atoms with Gasteiger partial charge >= 0.3 is 0 Å². The Hall–Kier alpha value is -3.46. The highest BCUT2D eigenvalue weighted by atomic mass is 35.5. The first kappa shape index (κ1) is 24.2. The Labute approximate surface area is 195 Å². The number of carbonyl (C=O) groups is 3. The Morgan fingerprint density at radius 3 is 2.42 bits per heavy atom. The van der Waals surface area contributed by atoms with Gasteiger partial charge in [-0.15, -0.1) is 0 Å². The van der Waals surface area contributed by atoms with Gasteiger partial charge in [-0.05, 0) is 41.3 Å². The summed E-state index contributed by atoms with van der Waals surface area (Å²) in [5, 5.41) is 10.5. The summed E-state index contributed by atoms with van der Waals surface area (Å²) in [6.07, 6.45) is 0. The van der Waals surface area contributed by atoms with Crippen LogP contribution in [0.25, 0.3) is 10.9 Å². The maximum atomic E-state index is 13.3. The van der Waals surface area contributed by atoms with Crippen molar-refractivity contribution in [3.63, 3.8) is 0 Å². The molecule has 0 spiro atoms. The lowest BCUT2D eigenvalue weighted by Crippen LogP contribution is -2.54. The summed E-state index contributed by atoms with van der Waals surface area (Å²) in [6, 6.07) is 10.1. The van der Waals surface area contributed by atoms with E-state index in [0.717, 1.165) is 5.56 Å². The monoisotopic (exact) mass is 473 g/mol. The molecule has 4 N–H and O–H groups in total. The lowest BCUT2D eigenvalue weighted by atomic mass is 9.86. The zero-order valence-electron chi connectivity index (χ0n) is 18.5. The lowest BCUT2D eigenvalue weighted by molar-refractivity contribution is -0.128. The summed E-state index contributed by atoms with van der Waals surface area (Å²) < 4.78 is 14.9. The van der Waals surface area contributed by atoms with Crippen LogP contribution in [0.2, 0.25) is 5.02 Å². The van der Waals surface area contributed by atoms with Gasteiger partial charge in [-0.3, -0.25) is 19.1 Å². The van der Waals surface area contributed by atoms with Crippen LogP contribution in [0.4, 0.5) is 4.39 Å². The van der Waals surface area contributed by atoms with Gasteiger partial charge in [-0.1, -0.05) is 44.5 Å². The van der Waals surface area contributed by atoms with Gasteiger partial charge in [0, 0.05) is 10.4 Å². The van der Waals surface area contributed by atoms with Crippen molar-refractivity contribution in [1.29, 1.82) is 0 Å². The van der Waals surface area contributed by atoms with Gasteiger partial charge in [-0.25, -0.2) is 4.39 Å². The average Bonchev–Trinajstić information content (AvgIpc) is 3.08. The molecule has 0 aliphatic heterocycles. The van der Waals surface area contributed by atoms with Crippen LogP contribution < -0.4 is 16.4 Å². The molecule has 33 heavy (non-hydrogen) atoms. The molecule has 3 rings (SSSR count). The summed E-state index contributed by atoms with van der Waals surface area (Å²) in [5.41, 5.74) is 5.98. The number of fused-ring (bicyclic) bond motifs is 1. The van der Waals surface area contributed by atoms with Gasteiger partial charge < -0.3 is 16.4 Å². The average molecular weight is 474 g/mol. The largest absolute Gasteiger partial charge is 0.368 e. The maximum Gasteiger partial charge on any atom is 0.273 e. The molecule has 0 saturated heterocycles. The fraction of sp³-hybridized carbons (Fsp3) is 0.304. The molecule has 10 heteroatoms. The second-order valence-electron chi connectivity index (χ2n) is 8.75. The van der Waals surface area contributed by atoms with Crippen LogP contribution in [0.15, 0.2) is 42.5 Å². The zero-order valence-corrected chi connectivity index (χ0v) is 19.2. The first-order valence-corrected chi connectivity index (χ1v) is 10.6. The van der Waals surface area contributed by atoms with Gasteiger partial charge in [0.25, 0.3) is 5.91 Å². The topological polar surface area (TPSA) is 119 Å². The van der Waals surface area contributed by atoms with Crippen molar-refractivity contribution in [1.82, 2.24) is 20.4 Å². The number of carbonyl (C=O) groups excluding carboxylic acids is 3. The predicted octanol–water partition coefficient (Wildman–Crippen LogP) is 2.62. The van der Waals surface area contributed by atoms with E-state index in [1.807, 2.05) is 0 Å². The molecule has 3 amide bonds. The van der Waals surface area contributed by atoms with Crippen LogP contribution in [-0.4, -0.2) is 40.1 Å². The van der Waals surface area contributed by atoms with E-state index < -0.39 is 29.2 Å². The summed E-state index contributed by atoms with van der Waals surface area (Å²) in [7, 11) is 0. The zero-order chi connectivity index (χ0) is 24.3. The highest BCUT2D eigenvalue weighted by molar-refractivity contribution is 6.31. The minimum atomic E-state index is -0.958. The molecule has 1 heterocycles. The number of nitrogens with two attached hydrogens (primary N) is 1. The van der Waals surface area contributed by atoms with E-state index in [4.69, 9.17) is 17.3 Å². The van der Waals surface area contributed by atoms with E-state index >= 15 is 0 Å². The number of aromatic nitrogens is 2. The molecule has 1 aromatic heterocycles. The molecule has 0 saturated carbocycles. The first-order valence-electron chi connectivity index (χ1n) is 10.2. The number of nitrogens with one attached hydrogen (secondary N) is 2. The third-order valence-electron chi connectivity index (χ3n) is 5.01. The molecular formula is C23H25ClFN5O3. The summed E-state index contributed by atoms with van der Waals surface area (Å²) in [5.74, 6) is -2.15. The van der Waals surface area contributed by atoms with Crippen LogP contribution in [0.1, 0.15) is 36.8 Å². The van der Waals surface area contributed by atoms with Crippen molar-refractivity contribution >= 4 is 40.2 Å². The third-order valence-corrected chi connectivity index (χ3v) is 5.25. The summed E-state index contributed by atoms with van der Waals surface area (Å²) >= 11 is 6.16. The minimum Gasteiger partial charge on any atom is -0.368 e. The van der Waals surface area contributed by atoms with Crippen LogP contribution in [-0.2, 0) is 16.1 Å². The molecule has 8 nitrogen and oxygen atoms in total. The molecule has 0 fully saturated rings. The molecule has 174 valence electrons. The van der Waals surface area contributed by atoms with Crippen LogP contribution >= 0.6 is 11.6 Å². The highest BCUT2D eigenvalue weighted by Gasteiger charge is 2.34. The second-order valence-corrected chi connectivity index (χ2v) is 9.19. The Balaban J connectivity index is 1.95. The second kappa shape index (κ2) is 9.58. The molecule has 0 aliphatic carbocycles. The molecule has 0 radical (unpaired) electrons. The molecule has 2 aromatic carbocycles. The molecule has 1 unspecified atom stereocenters. The predicted molar refractivity (Wildman–Crippen MR) is 123 cm³/mol. The fourth-order valence-electron chi connectivity index (χ4n) is 3.35. The molecule has 1 atom stereocenters. The number of hydrogen-bond acceptors (Lipinski definition) is 4. The first-order chi connectivity index (χ1) is 15.5. The molecule has 0 bridgehead atoms. The van der Waals surface area contributed by atoms with Gasteiger partial charge in [-0.2, -0.15) is 5.10 Å². The summed E-state index contributed by atoms with van der Waals surface area (Å²) in [4.78, 5) is 36.9. The van der Waals surface area contributed by atoms with Crippen LogP contribution in [0.3, 0.4) is 0 Å². The van der Waals surface area contributed by atoms with Gasteiger partial charge in [0.15, 0.2) is 5.69 Å². The van der Waals surface area contributed by atoms with E-state index in [-0.39, 0.29) is 18.1 Å². The van der Waals surface area contributed by atoms with Crippen molar-refractivity contribution < 1.29 is 18.8 Å². The van der Waals surface area contributed by atoms with Crippen molar-refractivity contribution in [2.24, 2.45) is 11.1 Å². The van der Waals surface area contributed by atoms with E-state index in [0.29, 0.717) is 22.5 Å². The van der Waals surface area contributed by atoms with E-state index in [2.05, 4.69) is 15.7 Å². The number of halogens is 2.